The number of benzene rings is 2. The highest BCUT2D eigenvalue weighted by atomic mass is 19.1. The predicted octanol–water partition coefficient (Wildman–Crippen LogP) is 2.75. The molecule has 0 bridgehead atoms. The molecule has 0 spiro atoms. The molecule has 0 aliphatic carbocycles. The van der Waals surface area contributed by atoms with E-state index in [0.717, 1.165) is 30.2 Å². The van der Waals surface area contributed by atoms with Crippen molar-refractivity contribution >= 4 is 17.6 Å². The summed E-state index contributed by atoms with van der Waals surface area (Å²) in [6, 6.07) is 9.27. The number of fused-ring (bicyclic) bond motifs is 1. The molecule has 7 nitrogen and oxygen atoms in total. The molecule has 0 saturated heterocycles. The summed E-state index contributed by atoms with van der Waals surface area (Å²) in [5.41, 5.74) is 2.08. The highest BCUT2D eigenvalue weighted by molar-refractivity contribution is 5.89. The van der Waals surface area contributed by atoms with Crippen LogP contribution in [0, 0.1) is 11.6 Å². The van der Waals surface area contributed by atoms with Crippen LogP contribution in [0.15, 0.2) is 54.6 Å². The van der Waals surface area contributed by atoms with Gasteiger partial charge in [-0.3, -0.25) is 4.79 Å². The van der Waals surface area contributed by atoms with E-state index in [4.69, 9.17) is 4.74 Å². The minimum atomic E-state index is -0.794. The predicted molar refractivity (Wildman–Crippen MR) is 117 cm³/mol. The fourth-order valence-corrected chi connectivity index (χ4v) is 4.05. The molecule has 2 aromatic carbocycles. The van der Waals surface area contributed by atoms with Crippen molar-refractivity contribution in [2.45, 2.75) is 37.6 Å². The topological polar surface area (TPSA) is 90.9 Å². The van der Waals surface area contributed by atoms with Crippen molar-refractivity contribution in [2.75, 3.05) is 18.5 Å². The van der Waals surface area contributed by atoms with Crippen LogP contribution >= 0.6 is 0 Å². The maximum absolute atomic E-state index is 13.7. The number of carbonyl (C=O) groups excluding carboxylic acids is 2. The molecule has 2 aromatic rings. The van der Waals surface area contributed by atoms with E-state index in [0.29, 0.717) is 13.1 Å². The second-order valence-electron chi connectivity index (χ2n) is 8.07. The number of urea groups is 1. The van der Waals surface area contributed by atoms with Crippen LogP contribution in [0.5, 0.6) is 0 Å². The van der Waals surface area contributed by atoms with Gasteiger partial charge in [-0.2, -0.15) is 0 Å². The van der Waals surface area contributed by atoms with Crippen molar-refractivity contribution in [3.63, 3.8) is 0 Å². The van der Waals surface area contributed by atoms with Crippen molar-refractivity contribution < 1.29 is 28.2 Å². The molecule has 174 valence electrons. The van der Waals surface area contributed by atoms with Crippen molar-refractivity contribution in [3.05, 3.63) is 77.4 Å². The van der Waals surface area contributed by atoms with Gasteiger partial charge < -0.3 is 25.4 Å². The highest BCUT2D eigenvalue weighted by Gasteiger charge is 2.31. The largest absolute Gasteiger partial charge is 0.394 e. The fraction of sp³-hybridized carbons (Fsp3) is 0.333. The minimum absolute atomic E-state index is 0.0541. The van der Waals surface area contributed by atoms with Crippen molar-refractivity contribution in [1.29, 1.82) is 0 Å². The zero-order valence-corrected chi connectivity index (χ0v) is 17.8. The Morgan fingerprint density at radius 1 is 1.12 bits per heavy atom. The van der Waals surface area contributed by atoms with Gasteiger partial charge >= 0.3 is 6.03 Å². The molecule has 2 heterocycles. The lowest BCUT2D eigenvalue weighted by molar-refractivity contribution is -0.136. The third kappa shape index (κ3) is 5.55. The molecule has 33 heavy (non-hydrogen) atoms. The zero-order valence-electron chi connectivity index (χ0n) is 17.8. The number of nitrogens with one attached hydrogen (secondary N) is 2. The molecule has 0 radical (unpaired) electrons. The maximum Gasteiger partial charge on any atom is 0.319 e. The van der Waals surface area contributed by atoms with Crippen LogP contribution in [-0.2, 0) is 22.5 Å². The number of aliphatic hydroxyl groups excluding tert-OH is 1. The van der Waals surface area contributed by atoms with E-state index in [1.165, 1.54) is 5.56 Å². The lowest BCUT2D eigenvalue weighted by Crippen LogP contribution is -2.50. The number of amides is 3. The average molecular weight is 457 g/mol. The van der Waals surface area contributed by atoms with Crippen LogP contribution in [0.3, 0.4) is 0 Å². The number of rotatable bonds is 5. The van der Waals surface area contributed by atoms with E-state index in [-0.39, 0.29) is 18.0 Å². The Labute approximate surface area is 190 Å². The minimum Gasteiger partial charge on any atom is -0.394 e. The third-order valence-electron chi connectivity index (χ3n) is 5.80. The average Bonchev–Trinajstić information content (AvgIpc) is 2.82. The zero-order chi connectivity index (χ0) is 23.4. The summed E-state index contributed by atoms with van der Waals surface area (Å²) in [5.74, 6) is -1.52. The third-order valence-corrected chi connectivity index (χ3v) is 5.80. The van der Waals surface area contributed by atoms with Gasteiger partial charge in [0.1, 0.15) is 17.7 Å². The SMILES string of the molecule is O=C(Nc1cc(F)ccc1F)N[C@H]1C=C[C@H](CC(=O)N2CCc3ccccc3C2)O[C@@H]1CO. The number of hydrogen-bond donors (Lipinski definition) is 3. The number of aliphatic hydroxyl groups is 1. The van der Waals surface area contributed by atoms with Gasteiger partial charge in [0, 0.05) is 19.2 Å². The molecule has 4 rings (SSSR count). The number of carbonyl (C=O) groups is 2. The molecule has 9 heteroatoms. The number of anilines is 1. The standard InChI is InChI=1S/C24H25F2N3O4/c25-17-5-7-19(26)21(11-17)28-24(32)27-20-8-6-18(33-22(20)14-30)12-23(31)29-10-9-15-3-1-2-4-16(15)13-29/h1-8,11,18,20,22,30H,9-10,12-14H2,(H2,27,28,32)/t18-,20+,22-/m1/s1. The summed E-state index contributed by atoms with van der Waals surface area (Å²) < 4.78 is 32.8. The molecule has 0 saturated carbocycles. The van der Waals surface area contributed by atoms with E-state index >= 15 is 0 Å². The first-order valence-corrected chi connectivity index (χ1v) is 10.7. The Kier molecular flexibility index (Phi) is 7.00. The van der Waals surface area contributed by atoms with E-state index in [9.17, 15) is 23.5 Å². The van der Waals surface area contributed by atoms with E-state index in [1.807, 2.05) is 18.2 Å². The van der Waals surface area contributed by atoms with Gasteiger partial charge in [-0.25, -0.2) is 13.6 Å². The summed E-state index contributed by atoms with van der Waals surface area (Å²) in [4.78, 5) is 26.8. The van der Waals surface area contributed by atoms with Crippen LogP contribution in [0.25, 0.3) is 0 Å². The number of hydrogen-bond acceptors (Lipinski definition) is 4. The van der Waals surface area contributed by atoms with Crippen LogP contribution in [0.4, 0.5) is 19.3 Å². The van der Waals surface area contributed by atoms with Crippen LogP contribution in [0.2, 0.25) is 0 Å². The molecule has 2 aliphatic heterocycles. The molecular weight excluding hydrogens is 432 g/mol. The van der Waals surface area contributed by atoms with Crippen molar-refractivity contribution in [2.24, 2.45) is 0 Å². The maximum atomic E-state index is 13.7. The number of halogens is 2. The van der Waals surface area contributed by atoms with E-state index in [2.05, 4.69) is 16.7 Å². The normalized spacial score (nSPS) is 21.9. The van der Waals surface area contributed by atoms with E-state index in [1.54, 1.807) is 17.1 Å². The van der Waals surface area contributed by atoms with Gasteiger partial charge in [-0.1, -0.05) is 36.4 Å². The Morgan fingerprint density at radius 2 is 1.91 bits per heavy atom. The first kappa shape index (κ1) is 22.9. The monoisotopic (exact) mass is 457 g/mol. The van der Waals surface area contributed by atoms with Gasteiger partial charge in [0.15, 0.2) is 0 Å². The Balaban J connectivity index is 1.33. The summed E-state index contributed by atoms with van der Waals surface area (Å²) in [6.07, 6.45) is 2.87. The Bertz CT molecular complexity index is 1060. The lowest BCUT2D eigenvalue weighted by Gasteiger charge is -2.34. The molecule has 0 fully saturated rings. The second kappa shape index (κ2) is 10.1. The first-order chi connectivity index (χ1) is 15.9. The van der Waals surface area contributed by atoms with E-state index < -0.39 is 42.5 Å². The molecule has 3 atom stereocenters. The molecule has 3 N–H and O–H groups in total. The summed E-state index contributed by atoms with van der Waals surface area (Å²) in [7, 11) is 0. The van der Waals surface area contributed by atoms with Crippen molar-refractivity contribution in [3.8, 4) is 0 Å². The van der Waals surface area contributed by atoms with Gasteiger partial charge in [0.05, 0.1) is 30.9 Å². The van der Waals surface area contributed by atoms with Crippen molar-refractivity contribution in [1.82, 2.24) is 10.2 Å². The lowest BCUT2D eigenvalue weighted by atomic mass is 9.99. The number of nitrogens with zero attached hydrogens (tertiary/aromatic N) is 1. The van der Waals surface area contributed by atoms with Crippen LogP contribution in [-0.4, -0.2) is 53.3 Å². The number of ether oxygens (including phenoxy) is 1. The summed E-state index contributed by atoms with van der Waals surface area (Å²) in [5, 5.41) is 14.5. The quantitative estimate of drug-likeness (QED) is 0.603. The first-order valence-electron chi connectivity index (χ1n) is 10.7. The van der Waals surface area contributed by atoms with Gasteiger partial charge in [-0.05, 0) is 29.7 Å². The molecule has 0 unspecified atom stereocenters. The fourth-order valence-electron chi connectivity index (χ4n) is 4.05. The van der Waals surface area contributed by atoms with Gasteiger partial charge in [0.25, 0.3) is 0 Å². The molecule has 0 aromatic heterocycles. The smallest absolute Gasteiger partial charge is 0.319 e. The molecular formula is C24H25F2N3O4. The van der Waals surface area contributed by atoms with Gasteiger partial charge in [-0.15, -0.1) is 0 Å². The second-order valence-corrected chi connectivity index (χ2v) is 8.07. The highest BCUT2D eigenvalue weighted by Crippen LogP contribution is 2.22. The molecule has 2 aliphatic rings. The summed E-state index contributed by atoms with van der Waals surface area (Å²) >= 11 is 0. The van der Waals surface area contributed by atoms with Crippen LogP contribution < -0.4 is 10.6 Å². The van der Waals surface area contributed by atoms with Crippen LogP contribution in [0.1, 0.15) is 17.5 Å². The van der Waals surface area contributed by atoms with Gasteiger partial charge in [0.2, 0.25) is 5.91 Å². The summed E-state index contributed by atoms with van der Waals surface area (Å²) in [6.45, 7) is 0.790. The Hall–Kier alpha value is -3.30. The molecule has 3 amide bonds. The Morgan fingerprint density at radius 3 is 2.70 bits per heavy atom.